The Balaban J connectivity index is 1.42. The average molecular weight is 586 g/mol. The molecule has 1 aromatic heterocycles. The Morgan fingerprint density at radius 3 is 2.32 bits per heavy atom. The Hall–Kier alpha value is -5.15. The molecule has 0 unspecified atom stereocenters. The minimum atomic E-state index is -0.573. The smallest absolute Gasteiger partial charge is 0.408 e. The molecule has 0 atom stereocenters. The number of nitrogens with zero attached hydrogens (tertiary/aromatic N) is 4. The van der Waals surface area contributed by atoms with E-state index in [-0.39, 0.29) is 0 Å². The fourth-order valence-corrected chi connectivity index (χ4v) is 5.99. The highest BCUT2D eigenvalue weighted by Crippen LogP contribution is 2.42. The van der Waals surface area contributed by atoms with E-state index in [1.807, 2.05) is 81.4 Å². The molecule has 3 aliphatic rings. The van der Waals surface area contributed by atoms with E-state index in [4.69, 9.17) is 14.7 Å². The number of carbonyl (C=O) groups is 1. The molecule has 9 heteroatoms. The highest BCUT2D eigenvalue weighted by atomic mass is 16.6. The van der Waals surface area contributed by atoms with E-state index in [1.54, 1.807) is 6.20 Å². The first-order valence-electron chi connectivity index (χ1n) is 14.8. The molecule has 3 N–H and O–H groups in total. The summed E-state index contributed by atoms with van der Waals surface area (Å²) < 4.78 is 7.73. The van der Waals surface area contributed by atoms with Crippen LogP contribution in [0.3, 0.4) is 0 Å². The summed E-state index contributed by atoms with van der Waals surface area (Å²) >= 11 is 0. The van der Waals surface area contributed by atoms with Crippen molar-refractivity contribution in [3.63, 3.8) is 0 Å². The monoisotopic (exact) mass is 585 g/mol. The summed E-state index contributed by atoms with van der Waals surface area (Å²) in [6.07, 6.45) is 4.07. The van der Waals surface area contributed by atoms with Crippen LogP contribution in [0.15, 0.2) is 91.1 Å². The molecule has 0 spiro atoms. The zero-order chi connectivity index (χ0) is 30.5. The zero-order valence-electron chi connectivity index (χ0n) is 24.8. The van der Waals surface area contributed by atoms with Crippen LogP contribution in [-0.4, -0.2) is 31.9 Å². The van der Waals surface area contributed by atoms with Crippen LogP contribution in [0, 0.1) is 0 Å². The van der Waals surface area contributed by atoms with E-state index in [2.05, 4.69) is 44.6 Å². The Labute approximate surface area is 254 Å². The van der Waals surface area contributed by atoms with Crippen LogP contribution in [0.2, 0.25) is 0 Å². The molecular formula is C35H33N6O3+. The number of hydrogen-bond donors (Lipinski definition) is 3. The number of para-hydroxylation sites is 1. The summed E-state index contributed by atoms with van der Waals surface area (Å²) in [4.78, 5) is 27.6. The van der Waals surface area contributed by atoms with Gasteiger partial charge in [0, 0.05) is 17.3 Å². The standard InChI is InChI=1S/C35H32N6O3/c1-34(2,3)44-33(42)39-35(19-7-20-35)24-15-11-23(12-16-24)30-29(22-13-17-25(40-43)18-14-22)38-32-26-8-4-5-9-27(26)37-31-28(41(30)32)10-6-21-36-31/h4-6,8-18,21H,7,19-20H2,1-3H3,(H2-,36,37,38,39,40,42,43)/p+1. The van der Waals surface area contributed by atoms with Gasteiger partial charge in [-0.05, 0) is 99.1 Å². The molecule has 0 saturated heterocycles. The molecule has 3 aromatic carbocycles. The lowest BCUT2D eigenvalue weighted by Crippen LogP contribution is -2.52. The van der Waals surface area contributed by atoms with Gasteiger partial charge in [0.2, 0.25) is 11.3 Å². The number of hydrogen-bond acceptors (Lipinski definition) is 7. The van der Waals surface area contributed by atoms with Crippen molar-refractivity contribution in [2.24, 2.45) is 0 Å². The molecule has 0 bridgehead atoms. The van der Waals surface area contributed by atoms with E-state index < -0.39 is 17.2 Å². The number of imidazole rings is 1. The van der Waals surface area contributed by atoms with Crippen LogP contribution >= 0.6 is 0 Å². The van der Waals surface area contributed by atoms with Gasteiger partial charge in [-0.25, -0.2) is 14.8 Å². The fraction of sp³-hybridized carbons (Fsp3) is 0.229. The number of alkyl carbamates (subject to hydrolysis) is 1. The predicted molar refractivity (Wildman–Crippen MR) is 169 cm³/mol. The van der Waals surface area contributed by atoms with E-state index in [9.17, 15) is 10.0 Å². The van der Waals surface area contributed by atoms with E-state index in [0.29, 0.717) is 11.3 Å². The number of benzene rings is 3. The first-order chi connectivity index (χ1) is 21.2. The second kappa shape index (κ2) is 10.5. The second-order valence-electron chi connectivity index (χ2n) is 12.3. The van der Waals surface area contributed by atoms with Crippen LogP contribution in [-0.2, 0) is 10.3 Å². The highest BCUT2D eigenvalue weighted by Gasteiger charge is 2.41. The van der Waals surface area contributed by atoms with Gasteiger partial charge < -0.3 is 10.1 Å². The lowest BCUT2D eigenvalue weighted by molar-refractivity contribution is -0.552. The van der Waals surface area contributed by atoms with Gasteiger partial charge in [-0.2, -0.15) is 4.57 Å². The number of aromatic nitrogens is 4. The topological polar surface area (TPSA) is 113 Å². The first kappa shape index (κ1) is 27.7. The van der Waals surface area contributed by atoms with E-state index >= 15 is 0 Å². The van der Waals surface area contributed by atoms with Crippen LogP contribution in [0.1, 0.15) is 45.6 Å². The number of anilines is 1. The molecule has 1 amide bonds. The van der Waals surface area contributed by atoms with Gasteiger partial charge in [0.25, 0.3) is 0 Å². The van der Waals surface area contributed by atoms with Crippen molar-refractivity contribution in [3.05, 3.63) is 96.7 Å². The number of carbonyl (C=O) groups excluding carboxylic acids is 1. The predicted octanol–water partition coefficient (Wildman–Crippen LogP) is 6.93. The highest BCUT2D eigenvalue weighted by molar-refractivity contribution is 5.90. The maximum absolute atomic E-state index is 12.8. The summed E-state index contributed by atoms with van der Waals surface area (Å²) in [5, 5.41) is 13.5. The molecule has 4 aromatic rings. The molecule has 1 saturated carbocycles. The fourth-order valence-electron chi connectivity index (χ4n) is 5.99. The number of ether oxygens (including phenoxy) is 1. The SMILES string of the molecule is CC(C)(C)OC(=O)NC1(c2ccc(-c3c(-c4ccc(NO)cc4)nc4c5ccccc5nc5ncccc5[n+]3-4)cc2)CCC1. The van der Waals surface area contributed by atoms with Gasteiger partial charge in [-0.15, -0.1) is 0 Å². The largest absolute Gasteiger partial charge is 0.444 e. The lowest BCUT2D eigenvalue weighted by Gasteiger charge is -2.43. The number of amides is 1. The molecule has 44 heavy (non-hydrogen) atoms. The second-order valence-corrected chi connectivity index (χ2v) is 12.3. The summed E-state index contributed by atoms with van der Waals surface area (Å²) in [7, 11) is 0. The Morgan fingerprint density at radius 2 is 1.64 bits per heavy atom. The molecule has 0 radical (unpaired) electrons. The van der Waals surface area contributed by atoms with Crippen molar-refractivity contribution in [3.8, 4) is 28.3 Å². The Kier molecular flexibility index (Phi) is 6.62. The third-order valence-corrected chi connectivity index (χ3v) is 8.20. The number of rotatable bonds is 5. The Bertz CT molecular complexity index is 1980. The molecule has 2 aliphatic heterocycles. The van der Waals surface area contributed by atoms with Crippen LogP contribution in [0.4, 0.5) is 10.5 Å². The van der Waals surface area contributed by atoms with E-state index in [1.165, 1.54) is 0 Å². The minimum absolute atomic E-state index is 0.406. The molecule has 9 nitrogen and oxygen atoms in total. The number of nitrogens with one attached hydrogen (secondary N) is 2. The summed E-state index contributed by atoms with van der Waals surface area (Å²) in [6, 6.07) is 27.7. The van der Waals surface area contributed by atoms with Crippen LogP contribution < -0.4 is 15.4 Å². The molecule has 220 valence electrons. The third kappa shape index (κ3) is 4.85. The van der Waals surface area contributed by atoms with Crippen LogP contribution in [0.25, 0.3) is 50.4 Å². The number of pyridine rings is 1. The molecule has 1 fully saturated rings. The first-order valence-corrected chi connectivity index (χ1v) is 14.8. The van der Waals surface area contributed by atoms with E-state index in [0.717, 1.165) is 69.6 Å². The van der Waals surface area contributed by atoms with Crippen LogP contribution in [0.5, 0.6) is 0 Å². The maximum Gasteiger partial charge on any atom is 0.408 e. The van der Waals surface area contributed by atoms with Crippen molar-refractivity contribution >= 4 is 33.8 Å². The summed E-state index contributed by atoms with van der Waals surface area (Å²) in [5.41, 5.74) is 8.55. The van der Waals surface area contributed by atoms with Gasteiger partial charge in [-0.1, -0.05) is 36.4 Å². The summed E-state index contributed by atoms with van der Waals surface area (Å²) in [5.74, 6) is 0.761. The van der Waals surface area contributed by atoms with Gasteiger partial charge in [-0.3, -0.25) is 10.7 Å². The normalized spacial score (nSPS) is 14.4. The van der Waals surface area contributed by atoms with Gasteiger partial charge in [0.05, 0.1) is 22.1 Å². The Morgan fingerprint density at radius 1 is 0.909 bits per heavy atom. The lowest BCUT2D eigenvalue weighted by atomic mass is 9.71. The average Bonchev–Trinajstić information content (AvgIpc) is 3.33. The molecule has 1 aliphatic carbocycles. The summed E-state index contributed by atoms with van der Waals surface area (Å²) in [6.45, 7) is 5.61. The van der Waals surface area contributed by atoms with Crippen molar-refractivity contribution in [1.82, 2.24) is 20.3 Å². The van der Waals surface area contributed by atoms with Gasteiger partial charge in [0.15, 0.2) is 11.2 Å². The van der Waals surface area contributed by atoms with Crippen molar-refractivity contribution in [2.45, 2.75) is 51.2 Å². The van der Waals surface area contributed by atoms with Gasteiger partial charge >= 0.3 is 11.9 Å². The third-order valence-electron chi connectivity index (χ3n) is 8.20. The number of fused-ring (bicyclic) bond motifs is 5. The zero-order valence-corrected chi connectivity index (χ0v) is 24.8. The maximum atomic E-state index is 12.8. The quantitative estimate of drug-likeness (QED) is 0.148. The van der Waals surface area contributed by atoms with Crippen molar-refractivity contribution in [2.75, 3.05) is 5.48 Å². The molecular weight excluding hydrogens is 552 g/mol. The molecule has 3 heterocycles. The van der Waals surface area contributed by atoms with Gasteiger partial charge in [0.1, 0.15) is 5.60 Å². The van der Waals surface area contributed by atoms with Crippen molar-refractivity contribution < 1.29 is 19.3 Å². The minimum Gasteiger partial charge on any atom is -0.444 e. The molecule has 7 rings (SSSR count). The van der Waals surface area contributed by atoms with Crippen molar-refractivity contribution in [1.29, 1.82) is 0 Å².